The third-order valence-corrected chi connectivity index (χ3v) is 3.94. The molecule has 2 rings (SSSR count). The largest absolute Gasteiger partial charge is 0.508 e. The van der Waals surface area contributed by atoms with Crippen molar-refractivity contribution in [2.75, 3.05) is 20.8 Å². The van der Waals surface area contributed by atoms with Gasteiger partial charge in [-0.05, 0) is 56.2 Å². The second-order valence-electron chi connectivity index (χ2n) is 7.29. The van der Waals surface area contributed by atoms with Crippen molar-refractivity contribution in [3.8, 4) is 11.5 Å². The van der Waals surface area contributed by atoms with Crippen LogP contribution in [-0.2, 0) is 14.9 Å². The van der Waals surface area contributed by atoms with E-state index < -0.39 is 0 Å². The first kappa shape index (κ1) is 29.2. The van der Waals surface area contributed by atoms with Crippen LogP contribution >= 0.6 is 0 Å². The van der Waals surface area contributed by atoms with E-state index in [4.69, 9.17) is 4.74 Å². The average Bonchev–Trinajstić information content (AvgIpc) is 2.70. The number of phenols is 2. The zero-order chi connectivity index (χ0) is 22.9. The summed E-state index contributed by atoms with van der Waals surface area (Å²) in [5.41, 5.74) is 2.10. The predicted octanol–water partition coefficient (Wildman–Crippen LogP) is 6.53. The Bertz CT molecular complexity index is 552. The van der Waals surface area contributed by atoms with Gasteiger partial charge in [0.25, 0.3) is 0 Å². The molecule has 166 valence electrons. The lowest BCUT2D eigenvalue weighted by molar-refractivity contribution is 0.134. The fourth-order valence-electron chi connectivity index (χ4n) is 1.92. The second kappa shape index (κ2) is 16.9. The van der Waals surface area contributed by atoms with Crippen LogP contribution in [0.25, 0.3) is 0 Å². The zero-order valence-corrected chi connectivity index (χ0v) is 19.8. The summed E-state index contributed by atoms with van der Waals surface area (Å²) in [7, 11) is 3.38. The minimum atomic E-state index is -0.151. The van der Waals surface area contributed by atoms with E-state index >= 15 is 0 Å². The molecule has 0 aliphatic carbocycles. The highest BCUT2D eigenvalue weighted by atomic mass is 16.5. The molecule has 0 amide bonds. The van der Waals surface area contributed by atoms with E-state index in [1.54, 1.807) is 38.5 Å². The van der Waals surface area contributed by atoms with Gasteiger partial charge in [0.2, 0.25) is 0 Å². The highest BCUT2D eigenvalue weighted by molar-refractivity contribution is 5.41. The lowest BCUT2D eigenvalue weighted by Gasteiger charge is -2.26. The molecule has 4 heteroatoms. The van der Waals surface area contributed by atoms with Crippen LogP contribution in [0.5, 0.6) is 11.5 Å². The molecule has 0 saturated carbocycles. The quantitative estimate of drug-likeness (QED) is 0.606. The first-order valence-electron chi connectivity index (χ1n) is 10.2. The minimum Gasteiger partial charge on any atom is -0.508 e. The van der Waals surface area contributed by atoms with Crippen molar-refractivity contribution >= 4 is 0 Å². The molecule has 0 atom stereocenters. The molecule has 4 nitrogen and oxygen atoms in total. The molecule has 29 heavy (non-hydrogen) atoms. The van der Waals surface area contributed by atoms with Gasteiger partial charge < -0.3 is 19.7 Å². The van der Waals surface area contributed by atoms with Gasteiger partial charge in [0.1, 0.15) is 11.5 Å². The molecule has 0 aliphatic rings. The van der Waals surface area contributed by atoms with Crippen molar-refractivity contribution < 1.29 is 19.7 Å². The fraction of sp³-hybridized carbons (Fsp3) is 0.520. The first-order chi connectivity index (χ1) is 13.6. The number of hydrogen-bond donors (Lipinski definition) is 2. The maximum Gasteiger partial charge on any atom is 0.115 e. The molecule has 0 radical (unpaired) electrons. The van der Waals surface area contributed by atoms with Crippen molar-refractivity contribution in [3.63, 3.8) is 0 Å². The Kier molecular flexibility index (Phi) is 17.0. The van der Waals surface area contributed by atoms with Crippen LogP contribution in [0.2, 0.25) is 0 Å². The van der Waals surface area contributed by atoms with E-state index in [9.17, 15) is 10.2 Å². The van der Waals surface area contributed by atoms with Gasteiger partial charge in [0.05, 0.1) is 6.10 Å². The van der Waals surface area contributed by atoms with Gasteiger partial charge in [-0.3, -0.25) is 0 Å². The monoisotopic (exact) mass is 406 g/mol. The first-order valence-corrected chi connectivity index (χ1v) is 10.2. The van der Waals surface area contributed by atoms with Crippen LogP contribution in [0.4, 0.5) is 0 Å². The van der Waals surface area contributed by atoms with Gasteiger partial charge in [0.15, 0.2) is 0 Å². The van der Waals surface area contributed by atoms with E-state index in [1.165, 1.54) is 6.42 Å². The zero-order valence-electron chi connectivity index (χ0n) is 19.8. The highest BCUT2D eigenvalue weighted by Gasteiger charge is 2.22. The van der Waals surface area contributed by atoms with Crippen molar-refractivity contribution in [1.29, 1.82) is 0 Å². The molecule has 0 unspecified atom stereocenters. The molecule has 2 N–H and O–H groups in total. The van der Waals surface area contributed by atoms with Gasteiger partial charge in [0, 0.05) is 26.2 Å². The predicted molar refractivity (Wildman–Crippen MR) is 124 cm³/mol. The van der Waals surface area contributed by atoms with Crippen LogP contribution in [0, 0.1) is 0 Å². The summed E-state index contributed by atoms with van der Waals surface area (Å²) in [5, 5.41) is 18.6. The Balaban J connectivity index is 0. The summed E-state index contributed by atoms with van der Waals surface area (Å²) in [6.07, 6.45) is 1.63. The summed E-state index contributed by atoms with van der Waals surface area (Å²) in [5.74, 6) is 0.547. The van der Waals surface area contributed by atoms with E-state index in [0.29, 0.717) is 6.10 Å². The molecule has 0 spiro atoms. The van der Waals surface area contributed by atoms with Gasteiger partial charge >= 0.3 is 0 Å². The van der Waals surface area contributed by atoms with Gasteiger partial charge in [-0.25, -0.2) is 0 Å². The van der Waals surface area contributed by atoms with Crippen molar-refractivity contribution in [3.05, 3.63) is 59.7 Å². The molecule has 0 heterocycles. The van der Waals surface area contributed by atoms with Crippen LogP contribution in [0.15, 0.2) is 48.5 Å². The molecular formula is C25H42O4. The summed E-state index contributed by atoms with van der Waals surface area (Å²) in [6.45, 7) is 15.3. The number of ether oxygens (including phenoxy) is 2. The third kappa shape index (κ3) is 13.7. The van der Waals surface area contributed by atoms with E-state index in [1.807, 2.05) is 45.0 Å². The van der Waals surface area contributed by atoms with Crippen LogP contribution in [-0.4, -0.2) is 37.1 Å². The van der Waals surface area contributed by atoms with Crippen LogP contribution < -0.4 is 0 Å². The van der Waals surface area contributed by atoms with Crippen molar-refractivity contribution in [2.45, 2.75) is 66.4 Å². The summed E-state index contributed by atoms with van der Waals surface area (Å²) in [6, 6.07) is 14.4. The van der Waals surface area contributed by atoms with E-state index in [0.717, 1.165) is 17.7 Å². The Morgan fingerprint density at radius 3 is 1.17 bits per heavy atom. The van der Waals surface area contributed by atoms with Gasteiger partial charge in [-0.15, -0.1) is 0 Å². The van der Waals surface area contributed by atoms with Crippen LogP contribution in [0.3, 0.4) is 0 Å². The molecule has 2 aromatic carbocycles. The Morgan fingerprint density at radius 1 is 0.759 bits per heavy atom. The van der Waals surface area contributed by atoms with Crippen LogP contribution in [0.1, 0.15) is 66.0 Å². The standard InChI is InChI=1S/C15H16O2.C4H10O.C3H8O.C3H8/c1-15(2,11-3-7-13(16)8-4-11)12-5-9-14(17)10-6-12;1-4(2)5-3;1-3-4-2;1-3-2/h3-10,16-17H,1-2H3;4H,1-3H3;3H2,1-2H3;3H2,1-2H3. The van der Waals surface area contributed by atoms with Gasteiger partial charge in [-0.2, -0.15) is 0 Å². The topological polar surface area (TPSA) is 58.9 Å². The molecule has 0 aliphatic heterocycles. The normalized spacial score (nSPS) is 10.0. The second-order valence-corrected chi connectivity index (χ2v) is 7.29. The smallest absolute Gasteiger partial charge is 0.115 e. The summed E-state index contributed by atoms with van der Waals surface area (Å²) in [4.78, 5) is 0. The van der Waals surface area contributed by atoms with E-state index in [2.05, 4.69) is 32.4 Å². The number of benzene rings is 2. The van der Waals surface area contributed by atoms with Crippen molar-refractivity contribution in [1.82, 2.24) is 0 Å². The molecule has 0 saturated heterocycles. The number of aromatic hydroxyl groups is 2. The molecular weight excluding hydrogens is 364 g/mol. The highest BCUT2D eigenvalue weighted by Crippen LogP contribution is 2.32. The number of hydrogen-bond acceptors (Lipinski definition) is 4. The number of methoxy groups -OCH3 is 2. The average molecular weight is 407 g/mol. The molecule has 2 aromatic rings. The lowest BCUT2D eigenvalue weighted by atomic mass is 9.78. The maximum atomic E-state index is 9.30. The van der Waals surface area contributed by atoms with Crippen molar-refractivity contribution in [2.24, 2.45) is 0 Å². The number of phenolic OH excluding ortho intramolecular Hbond substituents is 2. The lowest BCUT2D eigenvalue weighted by Crippen LogP contribution is -2.18. The maximum absolute atomic E-state index is 9.30. The van der Waals surface area contributed by atoms with E-state index in [-0.39, 0.29) is 16.9 Å². The summed E-state index contributed by atoms with van der Waals surface area (Å²) >= 11 is 0. The van der Waals surface area contributed by atoms with Gasteiger partial charge in [-0.1, -0.05) is 58.4 Å². The molecule has 0 aromatic heterocycles. The summed E-state index contributed by atoms with van der Waals surface area (Å²) < 4.78 is 9.29. The Morgan fingerprint density at radius 2 is 1.00 bits per heavy atom. The minimum absolute atomic E-state index is 0.151. The SMILES string of the molecule is CC(C)(c1ccc(O)cc1)c1ccc(O)cc1.CCC.CCOC.COC(C)C. The number of rotatable bonds is 4. The molecule has 0 bridgehead atoms. The fourth-order valence-corrected chi connectivity index (χ4v) is 1.92. The molecule has 0 fully saturated rings. The Hall–Kier alpha value is -2.04. The third-order valence-electron chi connectivity index (χ3n) is 3.94. The Labute approximate surface area is 178 Å².